The summed E-state index contributed by atoms with van der Waals surface area (Å²) >= 11 is 1.36. The van der Waals surface area contributed by atoms with Crippen LogP contribution >= 0.6 is 11.3 Å². The van der Waals surface area contributed by atoms with Crippen molar-refractivity contribution in [2.45, 2.75) is 25.8 Å². The largest absolute Gasteiger partial charge is 0.331 e. The lowest BCUT2D eigenvalue weighted by Gasteiger charge is -2.23. The molecule has 1 fully saturated rings. The second-order valence-corrected chi connectivity index (χ2v) is 6.87. The van der Waals surface area contributed by atoms with Gasteiger partial charge in [-0.25, -0.2) is 9.97 Å². The van der Waals surface area contributed by atoms with Crippen molar-refractivity contribution >= 4 is 17.2 Å². The summed E-state index contributed by atoms with van der Waals surface area (Å²) in [6.45, 7) is 2.62. The van der Waals surface area contributed by atoms with E-state index in [2.05, 4.69) is 25.3 Å². The smallest absolute Gasteiger partial charge is 0.266 e. The van der Waals surface area contributed by atoms with Gasteiger partial charge in [0.1, 0.15) is 11.2 Å². The molecular formula is C15H17N7OS. The average molecular weight is 343 g/mol. The van der Waals surface area contributed by atoms with Crippen LogP contribution < -0.4 is 0 Å². The molecule has 1 N–H and O–H groups in total. The fourth-order valence-corrected chi connectivity index (χ4v) is 4.07. The number of amides is 1. The third-order valence-corrected chi connectivity index (χ3v) is 5.38. The Morgan fingerprint density at radius 1 is 1.46 bits per heavy atom. The van der Waals surface area contributed by atoms with Gasteiger partial charge in [0.15, 0.2) is 10.8 Å². The lowest BCUT2D eigenvalue weighted by molar-refractivity contribution is 0.0739. The molecule has 1 aliphatic rings. The topological polar surface area (TPSA) is 92.6 Å². The summed E-state index contributed by atoms with van der Waals surface area (Å²) in [6, 6.07) is 0.0847. The van der Waals surface area contributed by atoms with E-state index in [0.717, 1.165) is 30.6 Å². The predicted octanol–water partition coefficient (Wildman–Crippen LogP) is 1.95. The second-order valence-electron chi connectivity index (χ2n) is 5.87. The number of likely N-dealkylation sites (tertiary alicyclic amines) is 1. The Bertz CT molecular complexity index is 866. The molecule has 0 aromatic carbocycles. The highest BCUT2D eigenvalue weighted by atomic mass is 32.1. The first-order valence-corrected chi connectivity index (χ1v) is 8.58. The number of carbonyl (C=O) groups excluding carboxylic acids is 1. The van der Waals surface area contributed by atoms with E-state index in [-0.39, 0.29) is 11.9 Å². The Labute approximate surface area is 142 Å². The number of hydrogen-bond donors (Lipinski definition) is 1. The summed E-state index contributed by atoms with van der Waals surface area (Å²) in [7, 11) is 1.89. The van der Waals surface area contributed by atoms with Gasteiger partial charge in [0.05, 0.1) is 17.9 Å². The summed E-state index contributed by atoms with van der Waals surface area (Å²) in [5.74, 6) is 0.620. The fourth-order valence-electron chi connectivity index (χ4n) is 3.10. The lowest BCUT2D eigenvalue weighted by Crippen LogP contribution is -2.30. The second kappa shape index (κ2) is 5.82. The van der Waals surface area contributed by atoms with Crippen LogP contribution in [0.5, 0.6) is 0 Å². The van der Waals surface area contributed by atoms with E-state index in [4.69, 9.17) is 0 Å². The van der Waals surface area contributed by atoms with Gasteiger partial charge in [0.25, 0.3) is 5.91 Å². The van der Waals surface area contributed by atoms with Crippen LogP contribution in [0.15, 0.2) is 18.7 Å². The highest BCUT2D eigenvalue weighted by Crippen LogP contribution is 2.35. The first-order valence-electron chi connectivity index (χ1n) is 7.76. The molecule has 4 rings (SSSR count). The summed E-state index contributed by atoms with van der Waals surface area (Å²) in [6.07, 6.45) is 7.22. The van der Waals surface area contributed by atoms with Crippen LogP contribution in [0.1, 0.15) is 39.8 Å². The van der Waals surface area contributed by atoms with Crippen molar-refractivity contribution in [2.75, 3.05) is 6.54 Å². The molecule has 8 nitrogen and oxygen atoms in total. The molecule has 4 heterocycles. The molecule has 3 aromatic rings. The number of nitrogens with zero attached hydrogens (tertiary/aromatic N) is 6. The van der Waals surface area contributed by atoms with Crippen molar-refractivity contribution < 1.29 is 4.79 Å². The summed E-state index contributed by atoms with van der Waals surface area (Å²) in [5, 5.41) is 11.5. The zero-order valence-corrected chi connectivity index (χ0v) is 14.2. The van der Waals surface area contributed by atoms with Gasteiger partial charge < -0.3 is 4.90 Å². The van der Waals surface area contributed by atoms with Crippen molar-refractivity contribution in [3.05, 3.63) is 34.9 Å². The molecule has 1 amide bonds. The van der Waals surface area contributed by atoms with E-state index < -0.39 is 0 Å². The molecule has 0 bridgehead atoms. The minimum absolute atomic E-state index is 0.0297. The van der Waals surface area contributed by atoms with Gasteiger partial charge >= 0.3 is 0 Å². The number of rotatable bonds is 3. The molecule has 24 heavy (non-hydrogen) atoms. The van der Waals surface area contributed by atoms with Crippen LogP contribution in [0.2, 0.25) is 0 Å². The molecule has 124 valence electrons. The first-order chi connectivity index (χ1) is 11.6. The van der Waals surface area contributed by atoms with Crippen molar-refractivity contribution in [2.24, 2.45) is 7.05 Å². The Hall–Kier alpha value is -2.55. The Balaban J connectivity index is 1.63. The fraction of sp³-hybridized carbons (Fsp3) is 0.400. The molecule has 1 aliphatic heterocycles. The predicted molar refractivity (Wildman–Crippen MR) is 88.4 cm³/mol. The number of carbonyl (C=O) groups is 1. The molecule has 0 spiro atoms. The third-order valence-electron chi connectivity index (χ3n) is 4.23. The minimum atomic E-state index is 0.0297. The van der Waals surface area contributed by atoms with E-state index in [1.807, 2.05) is 31.3 Å². The molecule has 3 aromatic heterocycles. The van der Waals surface area contributed by atoms with Crippen LogP contribution in [0, 0.1) is 6.92 Å². The molecule has 1 saturated heterocycles. The normalized spacial score (nSPS) is 17.6. The van der Waals surface area contributed by atoms with E-state index in [9.17, 15) is 4.79 Å². The number of aromatic amines is 1. The standard InChI is InChI=1S/C15H17N7OS/c1-9-12(24-14(19-9)13-16-8-17-20-13)15(23)22-5-3-4-11(22)10-6-18-21(2)7-10/h6-8,11H,3-5H2,1-2H3,(H,16,17,20)/t11-/m0/s1. The van der Waals surface area contributed by atoms with Gasteiger partial charge in [-0.05, 0) is 19.8 Å². The minimum Gasteiger partial charge on any atom is -0.331 e. The maximum Gasteiger partial charge on any atom is 0.266 e. The summed E-state index contributed by atoms with van der Waals surface area (Å²) in [4.78, 5) is 24.2. The van der Waals surface area contributed by atoms with E-state index in [1.54, 1.807) is 4.68 Å². The van der Waals surface area contributed by atoms with Gasteiger partial charge in [0.2, 0.25) is 0 Å². The maximum absolute atomic E-state index is 13.1. The number of H-pyrrole nitrogens is 1. The van der Waals surface area contributed by atoms with E-state index in [1.165, 1.54) is 17.7 Å². The monoisotopic (exact) mass is 343 g/mol. The van der Waals surface area contributed by atoms with Crippen LogP contribution in [0.3, 0.4) is 0 Å². The first kappa shape index (κ1) is 15.0. The number of nitrogens with one attached hydrogen (secondary N) is 1. The van der Waals surface area contributed by atoms with E-state index in [0.29, 0.717) is 15.7 Å². The molecule has 9 heteroatoms. The molecule has 0 saturated carbocycles. The Kier molecular flexibility index (Phi) is 3.64. The molecule has 0 aliphatic carbocycles. The van der Waals surface area contributed by atoms with Crippen molar-refractivity contribution in [1.82, 2.24) is 34.8 Å². The number of aryl methyl sites for hydroxylation is 2. The zero-order valence-electron chi connectivity index (χ0n) is 13.4. The Morgan fingerprint density at radius 3 is 3.04 bits per heavy atom. The van der Waals surface area contributed by atoms with Crippen LogP contribution in [-0.2, 0) is 7.05 Å². The number of thiazole rings is 1. The highest BCUT2D eigenvalue weighted by Gasteiger charge is 2.33. The van der Waals surface area contributed by atoms with Crippen LogP contribution in [-0.4, -0.2) is 47.3 Å². The summed E-state index contributed by atoms with van der Waals surface area (Å²) < 4.78 is 1.77. The van der Waals surface area contributed by atoms with Crippen molar-refractivity contribution in [3.8, 4) is 10.8 Å². The van der Waals surface area contributed by atoms with Gasteiger partial charge in [-0.2, -0.15) is 10.2 Å². The van der Waals surface area contributed by atoms with Gasteiger partial charge in [-0.3, -0.25) is 14.6 Å². The number of hydrogen-bond acceptors (Lipinski definition) is 6. The molecule has 0 unspecified atom stereocenters. The molecule has 0 radical (unpaired) electrons. The summed E-state index contributed by atoms with van der Waals surface area (Å²) in [5.41, 5.74) is 1.81. The lowest BCUT2D eigenvalue weighted by atomic mass is 10.1. The van der Waals surface area contributed by atoms with Gasteiger partial charge in [-0.1, -0.05) is 0 Å². The van der Waals surface area contributed by atoms with Crippen molar-refractivity contribution in [1.29, 1.82) is 0 Å². The van der Waals surface area contributed by atoms with Crippen LogP contribution in [0.25, 0.3) is 10.8 Å². The van der Waals surface area contributed by atoms with Crippen LogP contribution in [0.4, 0.5) is 0 Å². The van der Waals surface area contributed by atoms with Crippen molar-refractivity contribution in [3.63, 3.8) is 0 Å². The highest BCUT2D eigenvalue weighted by molar-refractivity contribution is 7.17. The SMILES string of the molecule is Cc1nc(-c2ncn[nH]2)sc1C(=O)N1CCC[C@H]1c1cnn(C)c1. The van der Waals surface area contributed by atoms with Gasteiger partial charge in [-0.15, -0.1) is 11.3 Å². The Morgan fingerprint density at radius 2 is 2.33 bits per heavy atom. The van der Waals surface area contributed by atoms with Gasteiger partial charge in [0, 0.05) is 25.4 Å². The van der Waals surface area contributed by atoms with E-state index >= 15 is 0 Å². The maximum atomic E-state index is 13.1. The quantitative estimate of drug-likeness (QED) is 0.784. The molecular weight excluding hydrogens is 326 g/mol. The molecule has 1 atom stereocenters. The zero-order chi connectivity index (χ0) is 16.7. The third kappa shape index (κ3) is 2.50. The number of aromatic nitrogens is 6. The average Bonchev–Trinajstić information content (AvgIpc) is 3.33.